The van der Waals surface area contributed by atoms with Gasteiger partial charge in [0, 0.05) is 11.5 Å². The molecule has 11 heteroatoms. The lowest BCUT2D eigenvalue weighted by molar-refractivity contribution is -0.150. The van der Waals surface area contributed by atoms with Crippen molar-refractivity contribution in [1.82, 2.24) is 10.2 Å². The summed E-state index contributed by atoms with van der Waals surface area (Å²) in [7, 11) is 0. The third-order valence-corrected chi connectivity index (χ3v) is 6.42. The summed E-state index contributed by atoms with van der Waals surface area (Å²) in [5.74, 6) is -0.0563. The second-order valence-electron chi connectivity index (χ2n) is 5.00. The smallest absolute Gasteiger partial charge is 0.352 e. The van der Waals surface area contributed by atoms with Crippen molar-refractivity contribution < 1.29 is 19.5 Å². The molecule has 2 heterocycles. The van der Waals surface area contributed by atoms with Crippen LogP contribution in [0.3, 0.4) is 0 Å². The number of carbonyl (C=O) groups is 3. The van der Waals surface area contributed by atoms with Crippen molar-refractivity contribution in [3.05, 3.63) is 11.3 Å². The fraction of sp³-hybridized carbons (Fsp3) is 0.538. The highest BCUT2D eigenvalue weighted by Crippen LogP contribution is 2.41. The van der Waals surface area contributed by atoms with Crippen LogP contribution in [0, 0.1) is 5.41 Å². The molecule has 2 amide bonds. The predicted octanol–water partition coefficient (Wildman–Crippen LogP) is 0.105. The van der Waals surface area contributed by atoms with E-state index in [9.17, 15) is 19.5 Å². The van der Waals surface area contributed by atoms with Crippen LogP contribution in [0.5, 0.6) is 0 Å². The Morgan fingerprint density at radius 2 is 2.25 bits per heavy atom. The molecule has 132 valence electrons. The standard InChI is InChI=1S/C13H18N4O4S3/c1-2-22-5-7(18)16-8-10(19)17-9(12(20)21)6(3-23-11(8)17)4-24-13(14)15/h8,11H,2-5H2,1H3,(H3,14,15)(H,16,18)(H,20,21). The zero-order chi connectivity index (χ0) is 17.9. The zero-order valence-electron chi connectivity index (χ0n) is 12.9. The molecule has 0 aromatic heterocycles. The minimum Gasteiger partial charge on any atom is -0.477 e. The molecular formula is C13H18N4O4S3. The lowest BCUT2D eigenvalue weighted by Crippen LogP contribution is -2.70. The van der Waals surface area contributed by atoms with Crippen LogP contribution in [0.25, 0.3) is 0 Å². The molecule has 2 atom stereocenters. The predicted molar refractivity (Wildman–Crippen MR) is 97.1 cm³/mol. The van der Waals surface area contributed by atoms with Crippen molar-refractivity contribution in [3.63, 3.8) is 0 Å². The summed E-state index contributed by atoms with van der Waals surface area (Å²) in [6.45, 7) is 1.94. The van der Waals surface area contributed by atoms with Crippen LogP contribution in [0.15, 0.2) is 11.3 Å². The Morgan fingerprint density at radius 1 is 1.54 bits per heavy atom. The van der Waals surface area contributed by atoms with E-state index in [-0.39, 0.29) is 28.3 Å². The van der Waals surface area contributed by atoms with Gasteiger partial charge in [-0.25, -0.2) is 4.79 Å². The van der Waals surface area contributed by atoms with E-state index < -0.39 is 23.3 Å². The van der Waals surface area contributed by atoms with E-state index in [2.05, 4.69) is 5.32 Å². The second kappa shape index (κ2) is 8.17. The number of rotatable bonds is 7. The maximum absolute atomic E-state index is 12.3. The highest BCUT2D eigenvalue weighted by atomic mass is 32.2. The normalized spacial score (nSPS) is 22.7. The van der Waals surface area contributed by atoms with E-state index >= 15 is 0 Å². The molecule has 0 radical (unpaired) electrons. The van der Waals surface area contributed by atoms with Gasteiger partial charge in [-0.15, -0.1) is 11.8 Å². The molecule has 0 spiro atoms. The van der Waals surface area contributed by atoms with Gasteiger partial charge in [-0.3, -0.25) is 19.9 Å². The van der Waals surface area contributed by atoms with Gasteiger partial charge in [0.15, 0.2) is 5.17 Å². The molecule has 2 aliphatic rings. The van der Waals surface area contributed by atoms with Crippen molar-refractivity contribution in [2.24, 2.45) is 5.73 Å². The topological polar surface area (TPSA) is 137 Å². The Morgan fingerprint density at radius 3 is 2.83 bits per heavy atom. The van der Waals surface area contributed by atoms with Crippen LogP contribution < -0.4 is 11.1 Å². The molecule has 2 aliphatic heterocycles. The number of nitrogens with two attached hydrogens (primary N) is 1. The molecule has 0 bridgehead atoms. The third-order valence-electron chi connectivity index (χ3n) is 3.41. The summed E-state index contributed by atoms with van der Waals surface area (Å²) in [5, 5.41) is 18.9. The van der Waals surface area contributed by atoms with Crippen LogP contribution in [-0.4, -0.2) is 67.4 Å². The molecule has 2 rings (SSSR count). The van der Waals surface area contributed by atoms with Gasteiger partial charge in [0.1, 0.15) is 17.1 Å². The monoisotopic (exact) mass is 390 g/mol. The van der Waals surface area contributed by atoms with Crippen molar-refractivity contribution in [3.8, 4) is 0 Å². The van der Waals surface area contributed by atoms with E-state index in [0.717, 1.165) is 17.5 Å². The first kappa shape index (κ1) is 19.0. The van der Waals surface area contributed by atoms with Crippen LogP contribution in [0.1, 0.15) is 6.92 Å². The van der Waals surface area contributed by atoms with E-state index in [0.29, 0.717) is 11.3 Å². The number of β-lactam (4-membered cyclic amide) rings is 1. The number of amides is 2. The molecule has 0 aromatic rings. The maximum atomic E-state index is 12.3. The summed E-state index contributed by atoms with van der Waals surface area (Å²) in [6, 6.07) is -0.684. The Bertz CT molecular complexity index is 610. The highest BCUT2D eigenvalue weighted by molar-refractivity contribution is 8.13. The molecule has 8 nitrogen and oxygen atoms in total. The summed E-state index contributed by atoms with van der Waals surface area (Å²) in [4.78, 5) is 36.9. The number of aliphatic carboxylic acids is 1. The molecule has 0 aromatic carbocycles. The summed E-state index contributed by atoms with van der Waals surface area (Å²) < 4.78 is 0. The third kappa shape index (κ3) is 4.01. The summed E-state index contributed by atoms with van der Waals surface area (Å²) >= 11 is 3.89. The number of hydrogen-bond acceptors (Lipinski definition) is 7. The Kier molecular flexibility index (Phi) is 6.47. The van der Waals surface area contributed by atoms with Gasteiger partial charge in [0.2, 0.25) is 5.91 Å². The number of nitrogens with one attached hydrogen (secondary N) is 2. The number of carbonyl (C=O) groups excluding carboxylic acids is 2. The largest absolute Gasteiger partial charge is 0.477 e. The Labute approximate surface area is 151 Å². The molecule has 24 heavy (non-hydrogen) atoms. The second-order valence-corrected chi connectivity index (χ2v) is 8.40. The first-order chi connectivity index (χ1) is 11.4. The molecular weight excluding hydrogens is 372 g/mol. The Hall–Kier alpha value is -1.33. The van der Waals surface area contributed by atoms with Gasteiger partial charge in [0.25, 0.3) is 5.91 Å². The van der Waals surface area contributed by atoms with E-state index in [4.69, 9.17) is 11.1 Å². The minimum atomic E-state index is -1.18. The molecule has 0 aliphatic carbocycles. The SMILES string of the molecule is CCSCC(=O)NC1C(=O)N2C(C(=O)O)=C(CSC(=N)N)CSC12. The first-order valence-corrected chi connectivity index (χ1v) is 10.3. The van der Waals surface area contributed by atoms with Gasteiger partial charge in [-0.05, 0) is 11.3 Å². The molecule has 1 saturated heterocycles. The van der Waals surface area contributed by atoms with E-state index in [1.165, 1.54) is 28.4 Å². The lowest BCUT2D eigenvalue weighted by Gasteiger charge is -2.49. The van der Waals surface area contributed by atoms with Crippen LogP contribution in [-0.2, 0) is 14.4 Å². The number of carboxylic acid groups (broad SMARTS) is 1. The molecule has 0 saturated carbocycles. The van der Waals surface area contributed by atoms with Gasteiger partial charge < -0.3 is 16.2 Å². The van der Waals surface area contributed by atoms with Gasteiger partial charge in [-0.1, -0.05) is 18.7 Å². The average molecular weight is 391 g/mol. The van der Waals surface area contributed by atoms with Crippen molar-refractivity contribution in [2.75, 3.05) is 23.0 Å². The number of amidine groups is 1. The Balaban J connectivity index is 2.09. The van der Waals surface area contributed by atoms with Crippen molar-refractivity contribution in [2.45, 2.75) is 18.3 Å². The number of carboxylic acids is 1. The first-order valence-electron chi connectivity index (χ1n) is 7.10. The molecule has 5 N–H and O–H groups in total. The van der Waals surface area contributed by atoms with Gasteiger partial charge in [0.05, 0.1) is 5.75 Å². The number of hydrogen-bond donors (Lipinski definition) is 4. The van der Waals surface area contributed by atoms with Gasteiger partial charge >= 0.3 is 5.97 Å². The number of fused-ring (bicyclic) bond motifs is 1. The van der Waals surface area contributed by atoms with Gasteiger partial charge in [-0.2, -0.15) is 11.8 Å². The van der Waals surface area contributed by atoms with Crippen LogP contribution >= 0.6 is 35.3 Å². The quantitative estimate of drug-likeness (QED) is 0.273. The average Bonchev–Trinajstić information content (AvgIpc) is 2.54. The van der Waals surface area contributed by atoms with Crippen LogP contribution in [0.2, 0.25) is 0 Å². The van der Waals surface area contributed by atoms with Crippen molar-refractivity contribution in [1.29, 1.82) is 5.41 Å². The molecule has 1 fully saturated rings. The highest BCUT2D eigenvalue weighted by Gasteiger charge is 2.54. The number of thioether (sulfide) groups is 3. The fourth-order valence-corrected chi connectivity index (χ4v) is 4.89. The van der Waals surface area contributed by atoms with E-state index in [1.54, 1.807) is 0 Å². The fourth-order valence-electron chi connectivity index (χ4n) is 2.37. The van der Waals surface area contributed by atoms with Crippen LogP contribution in [0.4, 0.5) is 0 Å². The lowest BCUT2D eigenvalue weighted by atomic mass is 10.0. The van der Waals surface area contributed by atoms with E-state index in [1.807, 2.05) is 6.92 Å². The molecule has 2 unspecified atom stereocenters. The zero-order valence-corrected chi connectivity index (χ0v) is 15.4. The minimum absolute atomic E-state index is 0.0501. The van der Waals surface area contributed by atoms with Crippen molar-refractivity contribution >= 4 is 58.2 Å². The summed E-state index contributed by atoms with van der Waals surface area (Å²) in [5.41, 5.74) is 5.80. The number of nitrogens with zero attached hydrogens (tertiary/aromatic N) is 1. The summed E-state index contributed by atoms with van der Waals surface area (Å²) in [6.07, 6.45) is 0. The maximum Gasteiger partial charge on any atom is 0.352 e.